The highest BCUT2D eigenvalue weighted by Gasteiger charge is 2.16. The highest BCUT2D eigenvalue weighted by molar-refractivity contribution is 5.95. The maximum Gasteiger partial charge on any atom is 0.171 e. The van der Waals surface area contributed by atoms with E-state index in [1.165, 1.54) is 0 Å². The number of aryl methyl sites for hydroxylation is 1. The Labute approximate surface area is 95.3 Å². The van der Waals surface area contributed by atoms with Gasteiger partial charge in [-0.25, -0.2) is 0 Å². The number of hydrogen-bond acceptors (Lipinski definition) is 4. The molecule has 0 aliphatic rings. The molecule has 16 heavy (non-hydrogen) atoms. The molecule has 0 N–H and O–H groups in total. The monoisotopic (exact) mass is 226 g/mol. The van der Waals surface area contributed by atoms with Crippen molar-refractivity contribution in [1.82, 2.24) is 9.78 Å². The van der Waals surface area contributed by atoms with Crippen molar-refractivity contribution in [3.05, 3.63) is 18.0 Å². The van der Waals surface area contributed by atoms with E-state index in [9.17, 15) is 4.79 Å². The van der Waals surface area contributed by atoms with E-state index in [2.05, 4.69) is 5.10 Å². The van der Waals surface area contributed by atoms with Crippen molar-refractivity contribution in [3.63, 3.8) is 0 Å². The second-order valence-corrected chi connectivity index (χ2v) is 3.37. The molecule has 5 nitrogen and oxygen atoms in total. The van der Waals surface area contributed by atoms with E-state index < -0.39 is 6.29 Å². The summed E-state index contributed by atoms with van der Waals surface area (Å²) in [6, 6.07) is 0. The number of hydrogen-bond donors (Lipinski definition) is 0. The van der Waals surface area contributed by atoms with Gasteiger partial charge in [0.2, 0.25) is 0 Å². The molecule has 90 valence electrons. The summed E-state index contributed by atoms with van der Waals surface area (Å²) in [5.41, 5.74) is 0.590. The number of Topliss-reactive ketones (excluding diaryl/α,β-unsaturated/α-hetero) is 1. The molecule has 0 aromatic carbocycles. The van der Waals surface area contributed by atoms with Crippen molar-refractivity contribution in [1.29, 1.82) is 0 Å². The first-order chi connectivity index (χ1) is 7.67. The Hall–Kier alpha value is -1.20. The topological polar surface area (TPSA) is 53.3 Å². The lowest BCUT2D eigenvalue weighted by atomic mass is 10.2. The summed E-state index contributed by atoms with van der Waals surface area (Å²) >= 11 is 0. The van der Waals surface area contributed by atoms with Crippen LogP contribution in [0.5, 0.6) is 0 Å². The van der Waals surface area contributed by atoms with Gasteiger partial charge >= 0.3 is 0 Å². The van der Waals surface area contributed by atoms with Crippen LogP contribution in [0.2, 0.25) is 0 Å². The van der Waals surface area contributed by atoms with Crippen LogP contribution in [0.1, 0.15) is 30.6 Å². The molecule has 0 amide bonds. The van der Waals surface area contributed by atoms with Crippen molar-refractivity contribution in [2.24, 2.45) is 7.05 Å². The lowest BCUT2D eigenvalue weighted by Crippen LogP contribution is -2.21. The number of ether oxygens (including phenoxy) is 2. The smallest absolute Gasteiger partial charge is 0.171 e. The first kappa shape index (κ1) is 12.9. The van der Waals surface area contributed by atoms with Crippen molar-refractivity contribution < 1.29 is 14.3 Å². The van der Waals surface area contributed by atoms with Gasteiger partial charge in [0.25, 0.3) is 0 Å². The number of carbonyl (C=O) groups excluding carboxylic acids is 1. The Morgan fingerprint density at radius 3 is 2.50 bits per heavy atom. The predicted molar refractivity (Wildman–Crippen MR) is 59.2 cm³/mol. The normalized spacial score (nSPS) is 11.0. The summed E-state index contributed by atoms with van der Waals surface area (Å²) in [6.07, 6.45) is 3.02. The minimum Gasteiger partial charge on any atom is -0.352 e. The largest absolute Gasteiger partial charge is 0.352 e. The number of nitrogens with zero attached hydrogens (tertiary/aromatic N) is 2. The standard InChI is InChI=1S/C11H18N2O3/c1-4-15-11(16-5-2)6-10(14)9-7-12-13(3)8-9/h7-8,11H,4-6H2,1-3H3. The van der Waals surface area contributed by atoms with Crippen LogP contribution < -0.4 is 0 Å². The SMILES string of the molecule is CCOC(CC(=O)c1cnn(C)c1)OCC. The van der Waals surface area contributed by atoms with E-state index in [1.807, 2.05) is 13.8 Å². The fourth-order valence-electron chi connectivity index (χ4n) is 1.37. The second-order valence-electron chi connectivity index (χ2n) is 3.37. The summed E-state index contributed by atoms with van der Waals surface area (Å²) in [5.74, 6) is -0.0139. The first-order valence-electron chi connectivity index (χ1n) is 5.42. The van der Waals surface area contributed by atoms with Crippen LogP contribution in [-0.4, -0.2) is 35.1 Å². The molecule has 1 rings (SSSR count). The van der Waals surface area contributed by atoms with Crippen LogP contribution in [0.4, 0.5) is 0 Å². The summed E-state index contributed by atoms with van der Waals surface area (Å²) in [4.78, 5) is 11.8. The van der Waals surface area contributed by atoms with Crippen molar-refractivity contribution >= 4 is 5.78 Å². The molecule has 0 saturated heterocycles. The number of carbonyl (C=O) groups is 1. The zero-order valence-electron chi connectivity index (χ0n) is 9.97. The Morgan fingerprint density at radius 1 is 1.44 bits per heavy atom. The molecule has 0 spiro atoms. The van der Waals surface area contributed by atoms with E-state index in [-0.39, 0.29) is 12.2 Å². The Bertz CT molecular complexity index is 330. The third kappa shape index (κ3) is 3.75. The van der Waals surface area contributed by atoms with Gasteiger partial charge in [0.1, 0.15) is 0 Å². The Morgan fingerprint density at radius 2 is 2.06 bits per heavy atom. The van der Waals surface area contributed by atoms with Gasteiger partial charge in [0, 0.05) is 26.5 Å². The van der Waals surface area contributed by atoms with E-state index in [4.69, 9.17) is 9.47 Å². The van der Waals surface area contributed by atoms with E-state index in [0.717, 1.165) is 0 Å². The van der Waals surface area contributed by atoms with Gasteiger partial charge in [-0.3, -0.25) is 9.48 Å². The molecule has 0 bridgehead atoms. The Balaban J connectivity index is 2.54. The van der Waals surface area contributed by atoms with E-state index >= 15 is 0 Å². The third-order valence-corrected chi connectivity index (χ3v) is 2.08. The van der Waals surface area contributed by atoms with Crippen LogP contribution in [0.25, 0.3) is 0 Å². The van der Waals surface area contributed by atoms with Gasteiger partial charge < -0.3 is 9.47 Å². The minimum atomic E-state index is -0.456. The van der Waals surface area contributed by atoms with Crippen LogP contribution in [0, 0.1) is 0 Å². The van der Waals surface area contributed by atoms with E-state index in [1.54, 1.807) is 24.1 Å². The van der Waals surface area contributed by atoms with Gasteiger partial charge in [0.15, 0.2) is 12.1 Å². The van der Waals surface area contributed by atoms with Crippen molar-refractivity contribution in [2.75, 3.05) is 13.2 Å². The number of rotatable bonds is 7. The molecule has 1 aromatic rings. The lowest BCUT2D eigenvalue weighted by molar-refractivity contribution is -0.133. The van der Waals surface area contributed by atoms with Gasteiger partial charge in [-0.05, 0) is 13.8 Å². The highest BCUT2D eigenvalue weighted by atomic mass is 16.7. The number of aromatic nitrogens is 2. The molecule has 0 aliphatic carbocycles. The molecule has 0 fully saturated rings. The molecule has 5 heteroatoms. The summed E-state index contributed by atoms with van der Waals surface area (Å²) < 4.78 is 12.2. The zero-order chi connectivity index (χ0) is 12.0. The van der Waals surface area contributed by atoms with Crippen LogP contribution in [0.3, 0.4) is 0 Å². The fourth-order valence-corrected chi connectivity index (χ4v) is 1.37. The first-order valence-corrected chi connectivity index (χ1v) is 5.42. The van der Waals surface area contributed by atoms with Crippen LogP contribution in [-0.2, 0) is 16.5 Å². The van der Waals surface area contributed by atoms with Gasteiger partial charge in [0.05, 0.1) is 18.2 Å². The summed E-state index contributed by atoms with van der Waals surface area (Å²) in [7, 11) is 1.78. The second kappa shape index (κ2) is 6.40. The van der Waals surface area contributed by atoms with Crippen molar-refractivity contribution in [2.45, 2.75) is 26.6 Å². The average Bonchev–Trinajstić information content (AvgIpc) is 2.65. The highest BCUT2D eigenvalue weighted by Crippen LogP contribution is 2.08. The molecule has 0 unspecified atom stereocenters. The molecule has 0 radical (unpaired) electrons. The zero-order valence-corrected chi connectivity index (χ0v) is 9.97. The summed E-state index contributed by atoms with van der Waals surface area (Å²) in [6.45, 7) is 4.82. The molecule has 1 aromatic heterocycles. The maximum absolute atomic E-state index is 11.8. The molecule has 0 aliphatic heterocycles. The molecule has 1 heterocycles. The molecule has 0 atom stereocenters. The third-order valence-electron chi connectivity index (χ3n) is 2.08. The average molecular weight is 226 g/mol. The maximum atomic E-state index is 11.8. The molecule has 0 saturated carbocycles. The summed E-state index contributed by atoms with van der Waals surface area (Å²) in [5, 5.41) is 3.95. The minimum absolute atomic E-state index is 0.0139. The predicted octanol–water partition coefficient (Wildman–Crippen LogP) is 1.39. The fraction of sp³-hybridized carbons (Fsp3) is 0.636. The molecular formula is C11H18N2O3. The van der Waals surface area contributed by atoms with E-state index in [0.29, 0.717) is 18.8 Å². The quantitative estimate of drug-likeness (QED) is 0.521. The lowest BCUT2D eigenvalue weighted by Gasteiger charge is -2.15. The van der Waals surface area contributed by atoms with Crippen molar-refractivity contribution in [3.8, 4) is 0 Å². The Kier molecular flexibility index (Phi) is 5.14. The van der Waals surface area contributed by atoms with Gasteiger partial charge in [-0.2, -0.15) is 5.10 Å². The van der Waals surface area contributed by atoms with Crippen LogP contribution >= 0.6 is 0 Å². The van der Waals surface area contributed by atoms with Gasteiger partial charge in [-0.1, -0.05) is 0 Å². The van der Waals surface area contributed by atoms with Crippen LogP contribution in [0.15, 0.2) is 12.4 Å². The number of ketones is 1. The molecular weight excluding hydrogens is 208 g/mol. The van der Waals surface area contributed by atoms with Gasteiger partial charge in [-0.15, -0.1) is 0 Å².